The summed E-state index contributed by atoms with van der Waals surface area (Å²) in [5.74, 6) is 0. The molecule has 0 amide bonds. The van der Waals surface area contributed by atoms with Gasteiger partial charge in [0.2, 0.25) is 0 Å². The maximum atomic E-state index is 3.74. The lowest BCUT2D eigenvalue weighted by Crippen LogP contribution is -2.08. The normalized spacial score (nSPS) is 12.7. The fraction of sp³-hybridized carbons (Fsp3) is 0. The summed E-state index contributed by atoms with van der Waals surface area (Å²) in [5.41, 5.74) is 1.78. The molecule has 1 nitrogen and oxygen atoms in total. The number of hydrogen-bond acceptors (Lipinski definition) is 1. The fourth-order valence-electron chi connectivity index (χ4n) is 0.964. The second-order valence-corrected chi connectivity index (χ2v) is 3.02. The molecule has 88 valence electrons. The van der Waals surface area contributed by atoms with Crippen molar-refractivity contribution in [1.29, 1.82) is 0 Å². The van der Waals surface area contributed by atoms with Crippen LogP contribution in [0.25, 0.3) is 0 Å². The van der Waals surface area contributed by atoms with E-state index in [4.69, 9.17) is 0 Å². The Labute approximate surface area is 104 Å². The third-order valence-electron chi connectivity index (χ3n) is 1.77. The van der Waals surface area contributed by atoms with Gasteiger partial charge in [0.25, 0.3) is 0 Å². The van der Waals surface area contributed by atoms with Gasteiger partial charge in [-0.05, 0) is 24.3 Å². The molecular weight excluding hydrogens is 206 g/mol. The van der Waals surface area contributed by atoms with Gasteiger partial charge in [-0.3, -0.25) is 0 Å². The van der Waals surface area contributed by atoms with Crippen molar-refractivity contribution in [2.75, 3.05) is 0 Å². The van der Waals surface area contributed by atoms with Gasteiger partial charge in [-0.15, -0.1) is 0 Å². The molecular formula is C16H19N. The van der Waals surface area contributed by atoms with Crippen molar-refractivity contribution in [1.82, 2.24) is 5.32 Å². The van der Waals surface area contributed by atoms with Crippen LogP contribution in [0.2, 0.25) is 0 Å². The SMILES string of the molecule is C=C/C=C\C=C(/C=C)N/C(C=C)=C/C=C\C=C. The van der Waals surface area contributed by atoms with Crippen molar-refractivity contribution in [3.63, 3.8) is 0 Å². The average Bonchev–Trinajstić information content (AvgIpc) is 2.36. The first kappa shape index (κ1) is 14.7. The lowest BCUT2D eigenvalue weighted by molar-refractivity contribution is 1.05. The summed E-state index contributed by atoms with van der Waals surface area (Å²) in [7, 11) is 0. The Morgan fingerprint density at radius 3 is 1.35 bits per heavy atom. The quantitative estimate of drug-likeness (QED) is 0.610. The van der Waals surface area contributed by atoms with Gasteiger partial charge in [-0.2, -0.15) is 0 Å². The summed E-state index contributed by atoms with van der Waals surface area (Å²) in [4.78, 5) is 0. The zero-order valence-electron chi connectivity index (χ0n) is 10.1. The Hall–Kier alpha value is -2.28. The zero-order chi connectivity index (χ0) is 12.9. The van der Waals surface area contributed by atoms with Gasteiger partial charge in [-0.1, -0.05) is 62.8 Å². The molecule has 0 aromatic carbocycles. The molecule has 0 spiro atoms. The maximum absolute atomic E-state index is 3.74. The minimum atomic E-state index is 0.890. The molecule has 17 heavy (non-hydrogen) atoms. The largest absolute Gasteiger partial charge is 0.356 e. The second-order valence-electron chi connectivity index (χ2n) is 3.02. The molecule has 0 unspecified atom stereocenters. The molecule has 0 atom stereocenters. The van der Waals surface area contributed by atoms with Crippen molar-refractivity contribution < 1.29 is 0 Å². The third-order valence-corrected chi connectivity index (χ3v) is 1.77. The number of nitrogens with one attached hydrogen (secondary N) is 1. The zero-order valence-corrected chi connectivity index (χ0v) is 10.1. The molecule has 0 aliphatic carbocycles. The summed E-state index contributed by atoms with van der Waals surface area (Å²) in [6, 6.07) is 0. The van der Waals surface area contributed by atoms with E-state index in [2.05, 4.69) is 31.6 Å². The molecule has 0 aromatic rings. The van der Waals surface area contributed by atoms with Crippen molar-refractivity contribution in [3.8, 4) is 0 Å². The minimum Gasteiger partial charge on any atom is -0.356 e. The Kier molecular flexibility index (Phi) is 8.87. The molecule has 0 aromatic heterocycles. The third kappa shape index (κ3) is 7.63. The van der Waals surface area contributed by atoms with E-state index in [1.54, 1.807) is 24.3 Å². The van der Waals surface area contributed by atoms with Gasteiger partial charge in [0.15, 0.2) is 0 Å². The van der Waals surface area contributed by atoms with Crippen LogP contribution >= 0.6 is 0 Å². The first-order valence-electron chi connectivity index (χ1n) is 5.29. The van der Waals surface area contributed by atoms with Crippen molar-refractivity contribution in [2.24, 2.45) is 0 Å². The molecule has 0 rings (SSSR count). The van der Waals surface area contributed by atoms with Gasteiger partial charge >= 0.3 is 0 Å². The minimum absolute atomic E-state index is 0.890. The van der Waals surface area contributed by atoms with Gasteiger partial charge in [0, 0.05) is 11.4 Å². The Morgan fingerprint density at radius 1 is 0.647 bits per heavy atom. The molecule has 0 bridgehead atoms. The number of hydrogen-bond donors (Lipinski definition) is 1. The molecule has 0 saturated carbocycles. The van der Waals surface area contributed by atoms with E-state index in [0.29, 0.717) is 0 Å². The van der Waals surface area contributed by atoms with Crippen LogP contribution in [0, 0.1) is 0 Å². The number of rotatable bonds is 8. The van der Waals surface area contributed by atoms with Gasteiger partial charge < -0.3 is 5.32 Å². The van der Waals surface area contributed by atoms with Gasteiger partial charge in [0.1, 0.15) is 0 Å². The van der Waals surface area contributed by atoms with Gasteiger partial charge in [-0.25, -0.2) is 0 Å². The Balaban J connectivity index is 4.73. The summed E-state index contributed by atoms with van der Waals surface area (Å²) in [6.07, 6.45) is 18.2. The summed E-state index contributed by atoms with van der Waals surface area (Å²) < 4.78 is 0. The van der Waals surface area contributed by atoms with Crippen LogP contribution in [0.5, 0.6) is 0 Å². The molecule has 0 aliphatic heterocycles. The monoisotopic (exact) mass is 225 g/mol. The Morgan fingerprint density at radius 2 is 1.06 bits per heavy atom. The molecule has 0 saturated heterocycles. The highest BCUT2D eigenvalue weighted by Crippen LogP contribution is 1.99. The van der Waals surface area contributed by atoms with E-state index in [9.17, 15) is 0 Å². The molecule has 1 heteroatoms. The second kappa shape index (κ2) is 10.2. The predicted molar refractivity (Wildman–Crippen MR) is 78.4 cm³/mol. The van der Waals surface area contributed by atoms with Crippen LogP contribution in [-0.4, -0.2) is 0 Å². The van der Waals surface area contributed by atoms with E-state index in [0.717, 1.165) is 11.4 Å². The average molecular weight is 225 g/mol. The van der Waals surface area contributed by atoms with Gasteiger partial charge in [0.05, 0.1) is 0 Å². The van der Waals surface area contributed by atoms with E-state index in [-0.39, 0.29) is 0 Å². The predicted octanol–water partition coefficient (Wildman–Crippen LogP) is 4.20. The molecule has 0 heterocycles. The van der Waals surface area contributed by atoms with Crippen LogP contribution in [0.15, 0.2) is 98.5 Å². The molecule has 0 radical (unpaired) electrons. The highest BCUT2D eigenvalue weighted by atomic mass is 14.9. The van der Waals surface area contributed by atoms with Crippen LogP contribution < -0.4 is 5.32 Å². The first-order chi connectivity index (χ1) is 8.28. The topological polar surface area (TPSA) is 12.0 Å². The van der Waals surface area contributed by atoms with E-state index in [1.807, 2.05) is 36.5 Å². The Bertz CT molecular complexity index is 352. The van der Waals surface area contributed by atoms with E-state index < -0.39 is 0 Å². The van der Waals surface area contributed by atoms with E-state index >= 15 is 0 Å². The van der Waals surface area contributed by atoms with Crippen molar-refractivity contribution >= 4 is 0 Å². The molecule has 0 fully saturated rings. The fourth-order valence-corrected chi connectivity index (χ4v) is 0.964. The highest BCUT2D eigenvalue weighted by molar-refractivity contribution is 5.31. The number of allylic oxidation sites excluding steroid dienone is 10. The summed E-state index contributed by atoms with van der Waals surface area (Å²) in [6.45, 7) is 14.7. The van der Waals surface area contributed by atoms with Crippen molar-refractivity contribution in [2.45, 2.75) is 0 Å². The van der Waals surface area contributed by atoms with Crippen LogP contribution in [0.1, 0.15) is 0 Å². The molecule has 1 N–H and O–H groups in total. The highest BCUT2D eigenvalue weighted by Gasteiger charge is 1.91. The first-order valence-corrected chi connectivity index (χ1v) is 5.29. The smallest absolute Gasteiger partial charge is 0.0378 e. The van der Waals surface area contributed by atoms with Crippen LogP contribution in [0.3, 0.4) is 0 Å². The molecule has 0 aliphatic rings. The van der Waals surface area contributed by atoms with Crippen LogP contribution in [-0.2, 0) is 0 Å². The standard InChI is InChI=1S/C16H19N/c1-5-9-11-13-15(7-3)17-16(8-4)14-12-10-6-2/h5-14,17H,1-4H2/b11-9-,12-10-,15-13+,16-14+. The van der Waals surface area contributed by atoms with E-state index in [1.165, 1.54) is 0 Å². The summed E-state index contributed by atoms with van der Waals surface area (Å²) >= 11 is 0. The maximum Gasteiger partial charge on any atom is 0.0378 e. The summed E-state index contributed by atoms with van der Waals surface area (Å²) in [5, 5.41) is 3.19. The lowest BCUT2D eigenvalue weighted by Gasteiger charge is -2.06. The van der Waals surface area contributed by atoms with Crippen molar-refractivity contribution in [3.05, 3.63) is 98.5 Å². The lowest BCUT2D eigenvalue weighted by atomic mass is 10.3. The van der Waals surface area contributed by atoms with Crippen LogP contribution in [0.4, 0.5) is 0 Å².